The standard InChI is InChI=1S/C13H28NO3Si.ClH/c1-7-10-14(3,11-8-2)12-9-13-18(15-4,16-5)17-6;/h7-8H,1-2,9-13H2,3-6H3;1H/q+1;/p-1. The zero-order valence-electron chi connectivity index (χ0n) is 12.7. The Labute approximate surface area is 125 Å². The molecule has 0 unspecified atom stereocenters. The number of nitrogens with zero attached hydrogens (tertiary/aromatic N) is 1. The van der Waals surface area contributed by atoms with E-state index < -0.39 is 8.80 Å². The Morgan fingerprint density at radius 1 is 1.00 bits per heavy atom. The van der Waals surface area contributed by atoms with Crippen molar-refractivity contribution in [2.45, 2.75) is 12.5 Å². The lowest BCUT2D eigenvalue weighted by Gasteiger charge is -2.33. The number of hydrogen-bond donors (Lipinski definition) is 0. The van der Waals surface area contributed by atoms with Crippen LogP contribution in [0.1, 0.15) is 6.42 Å². The van der Waals surface area contributed by atoms with Gasteiger partial charge in [0.25, 0.3) is 0 Å². The summed E-state index contributed by atoms with van der Waals surface area (Å²) < 4.78 is 17.2. The molecule has 0 heterocycles. The molecule has 0 amide bonds. The lowest BCUT2D eigenvalue weighted by molar-refractivity contribution is -0.898. The van der Waals surface area contributed by atoms with E-state index in [4.69, 9.17) is 13.3 Å². The number of likely N-dealkylation sites (N-methyl/N-ethyl adjacent to an activating group) is 1. The van der Waals surface area contributed by atoms with Crippen LogP contribution in [0.2, 0.25) is 6.04 Å². The molecule has 0 radical (unpaired) electrons. The van der Waals surface area contributed by atoms with Crippen molar-refractivity contribution in [1.29, 1.82) is 0 Å². The lowest BCUT2D eigenvalue weighted by Crippen LogP contribution is -3.00. The molecule has 0 aromatic rings. The van der Waals surface area contributed by atoms with Gasteiger partial charge in [0.1, 0.15) is 0 Å². The van der Waals surface area contributed by atoms with Crippen LogP contribution in [0.15, 0.2) is 25.3 Å². The number of quaternary nitrogens is 1. The van der Waals surface area contributed by atoms with Crippen LogP contribution in [0.25, 0.3) is 0 Å². The minimum atomic E-state index is -2.42. The van der Waals surface area contributed by atoms with E-state index in [1.807, 2.05) is 12.2 Å². The van der Waals surface area contributed by atoms with Gasteiger partial charge in [-0.2, -0.15) is 0 Å². The van der Waals surface area contributed by atoms with Crippen molar-refractivity contribution in [3.8, 4) is 0 Å². The van der Waals surface area contributed by atoms with Crippen LogP contribution in [0.3, 0.4) is 0 Å². The van der Waals surface area contributed by atoms with Crippen LogP contribution in [0.4, 0.5) is 0 Å². The van der Waals surface area contributed by atoms with Gasteiger partial charge in [0.2, 0.25) is 0 Å². The lowest BCUT2D eigenvalue weighted by atomic mass is 10.3. The summed E-state index contributed by atoms with van der Waals surface area (Å²) in [5.41, 5.74) is 0. The molecule has 0 rings (SSSR count). The van der Waals surface area contributed by atoms with Crippen molar-refractivity contribution < 1.29 is 30.2 Å². The van der Waals surface area contributed by atoms with Gasteiger partial charge in [0, 0.05) is 33.8 Å². The van der Waals surface area contributed by atoms with E-state index in [1.165, 1.54) is 0 Å². The highest BCUT2D eigenvalue weighted by Crippen LogP contribution is 2.17. The minimum absolute atomic E-state index is 0. The van der Waals surface area contributed by atoms with Crippen LogP contribution in [-0.2, 0) is 13.3 Å². The fourth-order valence-corrected chi connectivity index (χ4v) is 3.82. The molecule has 0 spiro atoms. The van der Waals surface area contributed by atoms with Gasteiger partial charge in [-0.25, -0.2) is 0 Å². The number of hydrogen-bond acceptors (Lipinski definition) is 3. The maximum Gasteiger partial charge on any atom is 0.500 e. The quantitative estimate of drug-likeness (QED) is 0.281. The van der Waals surface area contributed by atoms with Crippen molar-refractivity contribution in [3.63, 3.8) is 0 Å². The Hall–Kier alpha value is -0.173. The van der Waals surface area contributed by atoms with Crippen molar-refractivity contribution in [1.82, 2.24) is 0 Å². The molecule has 0 saturated carbocycles. The maximum atomic E-state index is 5.42. The molecular weight excluding hydrogens is 282 g/mol. The number of rotatable bonds is 11. The van der Waals surface area contributed by atoms with E-state index in [0.29, 0.717) is 0 Å². The Morgan fingerprint density at radius 2 is 1.42 bits per heavy atom. The van der Waals surface area contributed by atoms with E-state index in [2.05, 4.69) is 20.2 Å². The highest BCUT2D eigenvalue weighted by Gasteiger charge is 2.37. The molecule has 0 aromatic carbocycles. The second-order valence-electron chi connectivity index (χ2n) is 4.68. The molecule has 0 aliphatic heterocycles. The highest BCUT2D eigenvalue weighted by molar-refractivity contribution is 6.60. The summed E-state index contributed by atoms with van der Waals surface area (Å²) in [6.07, 6.45) is 4.91. The van der Waals surface area contributed by atoms with Crippen LogP contribution >= 0.6 is 0 Å². The van der Waals surface area contributed by atoms with Gasteiger partial charge in [-0.3, -0.25) is 0 Å². The average Bonchev–Trinajstić information content (AvgIpc) is 2.36. The molecule has 0 fully saturated rings. The van der Waals surface area contributed by atoms with Crippen LogP contribution < -0.4 is 12.4 Å². The summed E-state index contributed by atoms with van der Waals surface area (Å²) >= 11 is 0. The third kappa shape index (κ3) is 7.24. The summed E-state index contributed by atoms with van der Waals surface area (Å²) in [5, 5.41) is 0. The van der Waals surface area contributed by atoms with Gasteiger partial charge in [0.05, 0.1) is 26.7 Å². The molecule has 0 aliphatic carbocycles. The first kappa shape index (κ1) is 21.1. The minimum Gasteiger partial charge on any atom is -1.00 e. The topological polar surface area (TPSA) is 27.7 Å². The fraction of sp³-hybridized carbons (Fsp3) is 0.692. The number of halogens is 1. The molecule has 0 aromatic heterocycles. The van der Waals surface area contributed by atoms with Crippen LogP contribution in [-0.4, -0.2) is 61.3 Å². The predicted molar refractivity (Wildman–Crippen MR) is 77.4 cm³/mol. The Morgan fingerprint density at radius 3 is 1.74 bits per heavy atom. The molecule has 4 nitrogen and oxygen atoms in total. The van der Waals surface area contributed by atoms with Gasteiger partial charge in [-0.1, -0.05) is 13.2 Å². The second-order valence-corrected chi connectivity index (χ2v) is 7.78. The molecule has 0 aliphatic rings. The normalized spacial score (nSPS) is 11.8. The van der Waals surface area contributed by atoms with Gasteiger partial charge in [0.15, 0.2) is 0 Å². The monoisotopic (exact) mass is 309 g/mol. The van der Waals surface area contributed by atoms with Gasteiger partial charge < -0.3 is 30.2 Å². The second kappa shape index (κ2) is 10.6. The predicted octanol–water partition coefficient (Wildman–Crippen LogP) is -0.923. The van der Waals surface area contributed by atoms with Crippen molar-refractivity contribution in [2.75, 3.05) is 48.0 Å². The largest absolute Gasteiger partial charge is 1.00 e. The first-order valence-corrected chi connectivity index (χ1v) is 8.15. The van der Waals surface area contributed by atoms with E-state index in [9.17, 15) is 0 Å². The van der Waals surface area contributed by atoms with Crippen LogP contribution in [0, 0.1) is 0 Å². The molecule has 0 bridgehead atoms. The Kier molecular flexibility index (Phi) is 11.8. The third-order valence-corrected chi connectivity index (χ3v) is 6.09. The van der Waals surface area contributed by atoms with Gasteiger partial charge in [-0.05, 0) is 12.2 Å². The van der Waals surface area contributed by atoms with Crippen molar-refractivity contribution in [3.05, 3.63) is 25.3 Å². The van der Waals surface area contributed by atoms with Gasteiger partial charge in [-0.15, -0.1) is 0 Å². The third-order valence-electron chi connectivity index (χ3n) is 3.25. The Bertz CT molecular complexity index is 242. The Balaban J connectivity index is 0. The zero-order valence-corrected chi connectivity index (χ0v) is 14.4. The van der Waals surface area contributed by atoms with E-state index in [-0.39, 0.29) is 12.4 Å². The smallest absolute Gasteiger partial charge is 0.500 e. The first-order valence-electron chi connectivity index (χ1n) is 6.22. The van der Waals surface area contributed by atoms with E-state index in [1.54, 1.807) is 21.3 Å². The SMILES string of the molecule is C=CC[N+](C)(CC=C)CCC[Si](OC)(OC)OC.[Cl-]. The molecule has 19 heavy (non-hydrogen) atoms. The van der Waals surface area contributed by atoms with Crippen molar-refractivity contribution in [2.24, 2.45) is 0 Å². The summed E-state index contributed by atoms with van der Waals surface area (Å²) in [5.74, 6) is 0. The molecule has 0 N–H and O–H groups in total. The fourth-order valence-electron chi connectivity index (χ4n) is 2.11. The first-order chi connectivity index (χ1) is 8.51. The molecule has 0 atom stereocenters. The molecule has 114 valence electrons. The summed E-state index contributed by atoms with van der Waals surface area (Å²) in [4.78, 5) is 0. The average molecular weight is 310 g/mol. The highest BCUT2D eigenvalue weighted by atomic mass is 35.5. The summed E-state index contributed by atoms with van der Waals surface area (Å²) in [6.45, 7) is 10.5. The zero-order chi connectivity index (χ0) is 14.1. The molecule has 6 heteroatoms. The van der Waals surface area contributed by atoms with Gasteiger partial charge >= 0.3 is 8.80 Å². The van der Waals surface area contributed by atoms with E-state index in [0.717, 1.165) is 36.6 Å². The van der Waals surface area contributed by atoms with Crippen molar-refractivity contribution >= 4 is 8.80 Å². The maximum absolute atomic E-state index is 5.42. The van der Waals surface area contributed by atoms with E-state index >= 15 is 0 Å². The van der Waals surface area contributed by atoms with Crippen LogP contribution in [0.5, 0.6) is 0 Å². The molecular formula is C13H28ClNO3Si. The summed E-state index contributed by atoms with van der Waals surface area (Å²) in [6, 6.07) is 0.832. The molecule has 0 saturated heterocycles. The summed E-state index contributed by atoms with van der Waals surface area (Å²) in [7, 11) is 4.74.